The Kier molecular flexibility index (Phi) is 8.29. The van der Waals surface area contributed by atoms with E-state index in [-0.39, 0.29) is 6.61 Å². The third-order valence-electron chi connectivity index (χ3n) is 5.80. The van der Waals surface area contributed by atoms with Gasteiger partial charge in [0.15, 0.2) is 11.5 Å². The zero-order chi connectivity index (χ0) is 24.8. The van der Waals surface area contributed by atoms with Crippen LogP contribution in [0.4, 0.5) is 0 Å². The molecule has 3 aromatic rings. The Labute approximate surface area is 202 Å². The van der Waals surface area contributed by atoms with Crippen molar-refractivity contribution in [3.05, 3.63) is 76.1 Å². The number of esters is 1. The monoisotopic (exact) mass is 462 g/mol. The lowest BCUT2D eigenvalue weighted by molar-refractivity contribution is 0.0594. The van der Waals surface area contributed by atoms with E-state index >= 15 is 0 Å². The van der Waals surface area contributed by atoms with Crippen LogP contribution in [0.2, 0.25) is 0 Å². The molecule has 0 spiro atoms. The fourth-order valence-electron chi connectivity index (χ4n) is 4.11. The number of nitrogens with zero attached hydrogens (tertiary/aromatic N) is 1. The molecule has 0 radical (unpaired) electrons. The molecule has 0 fully saturated rings. The van der Waals surface area contributed by atoms with Gasteiger partial charge in [0.1, 0.15) is 12.2 Å². The molecule has 2 N–H and O–H groups in total. The predicted molar refractivity (Wildman–Crippen MR) is 134 cm³/mol. The zero-order valence-electron chi connectivity index (χ0n) is 20.9. The number of aromatic nitrogens is 1. The molecular formula is C28H34N2O4. The first-order valence-corrected chi connectivity index (χ1v) is 11.5. The number of hydrogen-bond donors (Lipinski definition) is 1. The van der Waals surface area contributed by atoms with Gasteiger partial charge >= 0.3 is 5.97 Å². The van der Waals surface area contributed by atoms with Crippen LogP contribution < -0.4 is 15.2 Å². The Morgan fingerprint density at radius 3 is 2.32 bits per heavy atom. The van der Waals surface area contributed by atoms with Gasteiger partial charge in [0.2, 0.25) is 0 Å². The second-order valence-corrected chi connectivity index (χ2v) is 8.76. The molecule has 6 nitrogen and oxygen atoms in total. The van der Waals surface area contributed by atoms with Crippen LogP contribution >= 0.6 is 0 Å². The van der Waals surface area contributed by atoms with Crippen molar-refractivity contribution in [3.63, 3.8) is 0 Å². The third-order valence-corrected chi connectivity index (χ3v) is 5.80. The van der Waals surface area contributed by atoms with Gasteiger partial charge in [-0.1, -0.05) is 49.7 Å². The van der Waals surface area contributed by atoms with Crippen LogP contribution in [0.15, 0.2) is 42.5 Å². The fraction of sp³-hybridized carbons (Fsp3) is 0.357. The highest BCUT2D eigenvalue weighted by molar-refractivity contribution is 5.93. The first-order valence-electron chi connectivity index (χ1n) is 11.5. The second-order valence-electron chi connectivity index (χ2n) is 8.76. The highest BCUT2D eigenvalue weighted by Crippen LogP contribution is 2.36. The van der Waals surface area contributed by atoms with Crippen molar-refractivity contribution in [2.45, 2.75) is 47.3 Å². The Hall–Kier alpha value is -3.38. The van der Waals surface area contributed by atoms with E-state index in [4.69, 9.17) is 24.9 Å². The van der Waals surface area contributed by atoms with Crippen molar-refractivity contribution in [3.8, 4) is 22.6 Å². The summed E-state index contributed by atoms with van der Waals surface area (Å²) in [7, 11) is 2.89. The van der Waals surface area contributed by atoms with Crippen molar-refractivity contribution in [1.82, 2.24) is 4.98 Å². The third kappa shape index (κ3) is 5.39. The summed E-state index contributed by atoms with van der Waals surface area (Å²) in [6.07, 6.45) is 0.840. The van der Waals surface area contributed by atoms with Gasteiger partial charge in [0, 0.05) is 23.5 Å². The SMILES string of the molecule is COC(=O)c1cccc(OC)c1OCc1c(C)nc(CC(C)C)c(CN)c1-c1ccc(C)cc1. The molecule has 2 aromatic carbocycles. The molecule has 0 aliphatic carbocycles. The lowest BCUT2D eigenvalue weighted by atomic mass is 9.90. The Morgan fingerprint density at radius 2 is 1.74 bits per heavy atom. The van der Waals surface area contributed by atoms with E-state index in [1.165, 1.54) is 12.7 Å². The maximum absolute atomic E-state index is 12.4. The zero-order valence-corrected chi connectivity index (χ0v) is 20.9. The molecule has 0 aliphatic heterocycles. The number of ether oxygens (including phenoxy) is 3. The van der Waals surface area contributed by atoms with Gasteiger partial charge in [0.05, 0.1) is 14.2 Å². The van der Waals surface area contributed by atoms with Gasteiger partial charge in [0.25, 0.3) is 0 Å². The Morgan fingerprint density at radius 1 is 1.03 bits per heavy atom. The molecule has 0 aliphatic rings. The van der Waals surface area contributed by atoms with Crippen molar-refractivity contribution in [2.75, 3.05) is 14.2 Å². The van der Waals surface area contributed by atoms with Gasteiger partial charge < -0.3 is 19.9 Å². The summed E-state index contributed by atoms with van der Waals surface area (Å²) in [4.78, 5) is 17.3. The maximum atomic E-state index is 12.4. The number of hydrogen-bond acceptors (Lipinski definition) is 6. The van der Waals surface area contributed by atoms with E-state index in [9.17, 15) is 4.79 Å². The number of rotatable bonds is 9. The number of benzene rings is 2. The fourth-order valence-corrected chi connectivity index (χ4v) is 4.11. The molecule has 0 unspecified atom stereocenters. The number of carbonyl (C=O) groups excluding carboxylic acids is 1. The van der Waals surface area contributed by atoms with Gasteiger partial charge in [-0.15, -0.1) is 0 Å². The number of para-hydroxylation sites is 1. The molecule has 0 atom stereocenters. The minimum atomic E-state index is -0.488. The summed E-state index contributed by atoms with van der Waals surface area (Å²) >= 11 is 0. The van der Waals surface area contributed by atoms with Gasteiger partial charge in [-0.2, -0.15) is 0 Å². The van der Waals surface area contributed by atoms with Gasteiger partial charge in [-0.3, -0.25) is 4.98 Å². The second kappa shape index (κ2) is 11.2. The van der Waals surface area contributed by atoms with Crippen LogP contribution in [0.5, 0.6) is 11.5 Å². The Balaban J connectivity index is 2.16. The summed E-state index contributed by atoms with van der Waals surface area (Å²) in [5, 5.41) is 0. The van der Waals surface area contributed by atoms with E-state index in [0.29, 0.717) is 29.5 Å². The van der Waals surface area contributed by atoms with Gasteiger partial charge in [-0.25, -0.2) is 4.79 Å². The molecule has 6 heteroatoms. The van der Waals surface area contributed by atoms with Crippen LogP contribution in [-0.4, -0.2) is 25.2 Å². The number of nitrogens with two attached hydrogens (primary N) is 1. The largest absolute Gasteiger partial charge is 0.493 e. The van der Waals surface area contributed by atoms with Crippen LogP contribution in [0, 0.1) is 19.8 Å². The molecule has 0 amide bonds. The minimum Gasteiger partial charge on any atom is -0.493 e. The van der Waals surface area contributed by atoms with Crippen LogP contribution in [0.25, 0.3) is 11.1 Å². The Bertz CT molecular complexity index is 1150. The summed E-state index contributed by atoms with van der Waals surface area (Å²) in [5.41, 5.74) is 13.7. The lowest BCUT2D eigenvalue weighted by Crippen LogP contribution is -2.15. The minimum absolute atomic E-state index is 0.196. The number of methoxy groups -OCH3 is 2. The van der Waals surface area contributed by atoms with Gasteiger partial charge in [-0.05, 0) is 55.0 Å². The predicted octanol–water partition coefficient (Wildman–Crippen LogP) is 5.40. The quantitative estimate of drug-likeness (QED) is 0.429. The molecule has 180 valence electrons. The highest BCUT2D eigenvalue weighted by atomic mass is 16.5. The molecule has 3 rings (SSSR count). The average molecular weight is 463 g/mol. The molecule has 0 saturated heterocycles. The molecule has 1 heterocycles. The molecule has 0 saturated carbocycles. The topological polar surface area (TPSA) is 83.7 Å². The molecular weight excluding hydrogens is 428 g/mol. The molecule has 34 heavy (non-hydrogen) atoms. The highest BCUT2D eigenvalue weighted by Gasteiger charge is 2.22. The van der Waals surface area contributed by atoms with Crippen LogP contribution in [0.1, 0.15) is 52.3 Å². The van der Waals surface area contributed by atoms with E-state index in [0.717, 1.165) is 40.1 Å². The van der Waals surface area contributed by atoms with Crippen molar-refractivity contribution < 1.29 is 19.0 Å². The van der Waals surface area contributed by atoms with Crippen molar-refractivity contribution in [1.29, 1.82) is 0 Å². The number of aryl methyl sites for hydroxylation is 2. The van der Waals surface area contributed by atoms with E-state index < -0.39 is 5.97 Å². The first-order chi connectivity index (χ1) is 16.3. The van der Waals surface area contributed by atoms with E-state index in [1.54, 1.807) is 25.3 Å². The van der Waals surface area contributed by atoms with E-state index in [2.05, 4.69) is 45.0 Å². The first kappa shape index (κ1) is 25.2. The standard InChI is InChI=1S/C28H34N2O4/c1-17(2)14-24-22(15-29)26(20-12-10-18(3)11-13-20)23(19(4)30-24)16-34-27-21(28(31)33-6)8-7-9-25(27)32-5/h7-13,17H,14-16,29H2,1-6H3. The number of carbonyl (C=O) groups is 1. The van der Waals surface area contributed by atoms with Crippen LogP contribution in [0.3, 0.4) is 0 Å². The maximum Gasteiger partial charge on any atom is 0.341 e. The normalized spacial score (nSPS) is 10.9. The summed E-state index contributed by atoms with van der Waals surface area (Å²) < 4.78 is 16.7. The summed E-state index contributed by atoms with van der Waals surface area (Å²) in [6.45, 7) is 8.97. The summed E-state index contributed by atoms with van der Waals surface area (Å²) in [5.74, 6) is 0.756. The molecule has 0 bridgehead atoms. The summed E-state index contributed by atoms with van der Waals surface area (Å²) in [6, 6.07) is 13.5. The van der Waals surface area contributed by atoms with Crippen LogP contribution in [-0.2, 0) is 24.3 Å². The number of pyridine rings is 1. The average Bonchev–Trinajstić information content (AvgIpc) is 2.82. The smallest absolute Gasteiger partial charge is 0.341 e. The van der Waals surface area contributed by atoms with E-state index in [1.807, 2.05) is 6.92 Å². The van der Waals surface area contributed by atoms with Crippen molar-refractivity contribution >= 4 is 5.97 Å². The lowest BCUT2D eigenvalue weighted by Gasteiger charge is -2.22. The van der Waals surface area contributed by atoms with Crippen molar-refractivity contribution in [2.24, 2.45) is 11.7 Å². The molecule has 1 aromatic heterocycles.